The number of benzene rings is 2. The number of nitrogens with zero attached hydrogens (tertiary/aromatic N) is 2. The van der Waals surface area contributed by atoms with E-state index < -0.39 is 5.91 Å². The van der Waals surface area contributed by atoms with Crippen LogP contribution in [0.25, 0.3) is 0 Å². The lowest BCUT2D eigenvalue weighted by Gasteiger charge is -2.23. The highest BCUT2D eigenvalue weighted by Crippen LogP contribution is 2.18. The van der Waals surface area contributed by atoms with Crippen LogP contribution >= 0.6 is 0 Å². The van der Waals surface area contributed by atoms with Crippen molar-refractivity contribution in [3.05, 3.63) is 65.2 Å². The van der Waals surface area contributed by atoms with E-state index in [-0.39, 0.29) is 0 Å². The lowest BCUT2D eigenvalue weighted by atomic mass is 10.1. The molecule has 0 unspecified atom stereocenters. The average Bonchev–Trinajstić information content (AvgIpc) is 2.65. The minimum atomic E-state index is -0.426. The Balaban J connectivity index is 2.10. The first-order valence-corrected chi connectivity index (χ1v) is 8.55. The second-order valence-corrected chi connectivity index (χ2v) is 5.90. The van der Waals surface area contributed by atoms with Crippen molar-refractivity contribution >= 4 is 11.9 Å². The monoisotopic (exact) mass is 354 g/mol. The summed E-state index contributed by atoms with van der Waals surface area (Å²) in [6.07, 6.45) is 0. The van der Waals surface area contributed by atoms with E-state index in [4.69, 9.17) is 10.5 Å². The summed E-state index contributed by atoms with van der Waals surface area (Å²) in [6, 6.07) is 15.1. The minimum Gasteiger partial charge on any atom is -0.496 e. The molecule has 0 aromatic heterocycles. The largest absolute Gasteiger partial charge is 0.496 e. The van der Waals surface area contributed by atoms with E-state index in [1.807, 2.05) is 50.4 Å². The molecule has 0 fully saturated rings. The van der Waals surface area contributed by atoms with E-state index in [1.54, 1.807) is 19.2 Å². The van der Waals surface area contributed by atoms with Crippen LogP contribution in [0.1, 0.15) is 28.4 Å². The van der Waals surface area contributed by atoms with Crippen LogP contribution in [0.2, 0.25) is 0 Å². The van der Waals surface area contributed by atoms with Crippen molar-refractivity contribution in [2.45, 2.75) is 20.0 Å². The maximum Gasteiger partial charge on any atom is 0.248 e. The number of amides is 1. The molecular weight excluding hydrogens is 328 g/mol. The summed E-state index contributed by atoms with van der Waals surface area (Å²) in [7, 11) is 3.66. The fourth-order valence-electron chi connectivity index (χ4n) is 2.57. The Hall–Kier alpha value is -3.02. The summed E-state index contributed by atoms with van der Waals surface area (Å²) in [5.74, 6) is 1.24. The molecule has 138 valence electrons. The number of guanidine groups is 1. The fraction of sp³-hybridized carbons (Fsp3) is 0.300. The van der Waals surface area contributed by atoms with Gasteiger partial charge in [0.25, 0.3) is 0 Å². The van der Waals surface area contributed by atoms with Gasteiger partial charge in [-0.1, -0.05) is 30.3 Å². The van der Waals surface area contributed by atoms with Gasteiger partial charge in [-0.15, -0.1) is 0 Å². The van der Waals surface area contributed by atoms with Gasteiger partial charge in [0.05, 0.1) is 13.7 Å². The van der Waals surface area contributed by atoms with Crippen molar-refractivity contribution in [2.75, 3.05) is 20.7 Å². The molecule has 0 spiro atoms. The first-order chi connectivity index (χ1) is 12.5. The number of nitrogens with two attached hydrogens (primary N) is 1. The predicted octanol–water partition coefficient (Wildman–Crippen LogP) is 2.39. The van der Waals surface area contributed by atoms with Gasteiger partial charge in [-0.2, -0.15) is 0 Å². The molecule has 0 saturated heterocycles. The number of hydrogen-bond donors (Lipinski definition) is 2. The van der Waals surface area contributed by atoms with Gasteiger partial charge in [0.2, 0.25) is 5.91 Å². The maximum atomic E-state index is 11.1. The van der Waals surface area contributed by atoms with E-state index in [0.717, 1.165) is 29.4 Å². The van der Waals surface area contributed by atoms with E-state index in [1.165, 1.54) is 0 Å². The number of primary amides is 1. The smallest absolute Gasteiger partial charge is 0.248 e. The fourth-order valence-corrected chi connectivity index (χ4v) is 2.57. The summed E-state index contributed by atoms with van der Waals surface area (Å²) in [5.41, 5.74) is 7.87. The summed E-state index contributed by atoms with van der Waals surface area (Å²) in [5, 5.41) is 3.30. The Labute approximate surface area is 154 Å². The number of ether oxygens (including phenoxy) is 1. The molecule has 1 amide bonds. The quantitative estimate of drug-likeness (QED) is 0.591. The summed E-state index contributed by atoms with van der Waals surface area (Å²) >= 11 is 0. The van der Waals surface area contributed by atoms with Crippen molar-refractivity contribution in [2.24, 2.45) is 10.7 Å². The average molecular weight is 354 g/mol. The van der Waals surface area contributed by atoms with Gasteiger partial charge in [0, 0.05) is 31.3 Å². The van der Waals surface area contributed by atoms with Crippen LogP contribution in [-0.4, -0.2) is 37.5 Å². The number of para-hydroxylation sites is 1. The van der Waals surface area contributed by atoms with Crippen LogP contribution in [0.4, 0.5) is 0 Å². The topological polar surface area (TPSA) is 79.9 Å². The molecule has 0 aliphatic carbocycles. The highest BCUT2D eigenvalue weighted by atomic mass is 16.5. The Morgan fingerprint density at radius 3 is 2.50 bits per heavy atom. The van der Waals surface area contributed by atoms with E-state index >= 15 is 0 Å². The SMILES string of the molecule is CCNC(=NCc1ccc(C(N)=O)cc1)N(C)Cc1ccccc1OC. The molecular formula is C20H26N4O2. The molecule has 2 aromatic rings. The van der Waals surface area contributed by atoms with Gasteiger partial charge < -0.3 is 20.7 Å². The van der Waals surface area contributed by atoms with Crippen LogP contribution in [0.5, 0.6) is 5.75 Å². The summed E-state index contributed by atoms with van der Waals surface area (Å²) in [4.78, 5) is 17.9. The molecule has 0 bridgehead atoms. The highest BCUT2D eigenvalue weighted by Gasteiger charge is 2.10. The maximum absolute atomic E-state index is 11.1. The standard InChI is InChI=1S/C20H26N4O2/c1-4-22-20(23-13-15-9-11-16(12-10-15)19(21)25)24(2)14-17-7-5-6-8-18(17)26-3/h5-12H,4,13-14H2,1-3H3,(H2,21,25)(H,22,23). The van der Waals surface area contributed by atoms with Crippen LogP contribution in [0, 0.1) is 0 Å². The van der Waals surface area contributed by atoms with Crippen LogP contribution in [0.3, 0.4) is 0 Å². The van der Waals surface area contributed by atoms with E-state index in [0.29, 0.717) is 18.7 Å². The Morgan fingerprint density at radius 1 is 1.19 bits per heavy atom. The number of carbonyl (C=O) groups is 1. The molecule has 2 aromatic carbocycles. The number of carbonyl (C=O) groups excluding carboxylic acids is 1. The summed E-state index contributed by atoms with van der Waals surface area (Å²) in [6.45, 7) is 4.00. The lowest BCUT2D eigenvalue weighted by molar-refractivity contribution is 0.100. The molecule has 2 rings (SSSR count). The molecule has 0 aliphatic heterocycles. The Kier molecular flexibility index (Phi) is 7.02. The highest BCUT2D eigenvalue weighted by molar-refractivity contribution is 5.92. The molecule has 6 nitrogen and oxygen atoms in total. The number of nitrogens with one attached hydrogen (secondary N) is 1. The number of aliphatic imine (C=N–C) groups is 1. The number of hydrogen-bond acceptors (Lipinski definition) is 3. The zero-order valence-electron chi connectivity index (χ0n) is 15.5. The van der Waals surface area contributed by atoms with Gasteiger partial charge in [-0.05, 0) is 30.7 Å². The van der Waals surface area contributed by atoms with Gasteiger partial charge in [0.1, 0.15) is 5.75 Å². The van der Waals surface area contributed by atoms with E-state index in [9.17, 15) is 4.79 Å². The molecule has 0 aliphatic rings. The van der Waals surface area contributed by atoms with Crippen molar-refractivity contribution in [1.82, 2.24) is 10.2 Å². The van der Waals surface area contributed by atoms with Crippen molar-refractivity contribution in [3.63, 3.8) is 0 Å². The van der Waals surface area contributed by atoms with Crippen LogP contribution in [-0.2, 0) is 13.1 Å². The second kappa shape index (κ2) is 9.46. The number of methoxy groups -OCH3 is 1. The van der Waals surface area contributed by atoms with Gasteiger partial charge in [-0.25, -0.2) is 4.99 Å². The van der Waals surface area contributed by atoms with Gasteiger partial charge in [0.15, 0.2) is 5.96 Å². The molecule has 3 N–H and O–H groups in total. The molecule has 0 atom stereocenters. The normalized spacial score (nSPS) is 11.1. The third-order valence-corrected chi connectivity index (χ3v) is 3.95. The molecule has 26 heavy (non-hydrogen) atoms. The lowest BCUT2D eigenvalue weighted by Crippen LogP contribution is -2.38. The van der Waals surface area contributed by atoms with E-state index in [2.05, 4.69) is 15.2 Å². The van der Waals surface area contributed by atoms with Crippen LogP contribution in [0.15, 0.2) is 53.5 Å². The Bertz CT molecular complexity index is 757. The van der Waals surface area contributed by atoms with Crippen molar-refractivity contribution < 1.29 is 9.53 Å². The molecule has 6 heteroatoms. The van der Waals surface area contributed by atoms with Gasteiger partial charge in [-0.3, -0.25) is 4.79 Å². The molecule has 0 saturated carbocycles. The summed E-state index contributed by atoms with van der Waals surface area (Å²) < 4.78 is 5.42. The zero-order chi connectivity index (χ0) is 18.9. The third-order valence-electron chi connectivity index (χ3n) is 3.95. The van der Waals surface area contributed by atoms with Crippen LogP contribution < -0.4 is 15.8 Å². The second-order valence-electron chi connectivity index (χ2n) is 5.90. The molecule has 0 radical (unpaired) electrons. The molecule has 0 heterocycles. The first kappa shape index (κ1) is 19.3. The van der Waals surface area contributed by atoms with Crippen molar-refractivity contribution in [1.29, 1.82) is 0 Å². The van der Waals surface area contributed by atoms with Crippen molar-refractivity contribution in [3.8, 4) is 5.75 Å². The Morgan fingerprint density at radius 2 is 1.88 bits per heavy atom. The van der Waals surface area contributed by atoms with Gasteiger partial charge >= 0.3 is 0 Å². The first-order valence-electron chi connectivity index (χ1n) is 8.55. The minimum absolute atomic E-state index is 0.426. The third kappa shape index (κ3) is 5.24. The number of rotatable bonds is 7. The predicted molar refractivity (Wildman–Crippen MR) is 104 cm³/mol. The zero-order valence-corrected chi connectivity index (χ0v) is 15.5.